The average molecular weight is 380 g/mol. The molecule has 0 aromatic heterocycles. The van der Waals surface area contributed by atoms with Crippen LogP contribution in [0, 0.1) is 0 Å². The minimum Gasteiger partial charge on any atom is -0.497 e. The maximum Gasteiger partial charge on any atom is 0.325 e. The van der Waals surface area contributed by atoms with Gasteiger partial charge in [-0.15, -0.1) is 0 Å². The number of carbonyl (C=O) groups is 3. The van der Waals surface area contributed by atoms with Crippen LogP contribution in [-0.2, 0) is 10.3 Å². The zero-order valence-electron chi connectivity index (χ0n) is 16.5. The molecule has 146 valence electrons. The van der Waals surface area contributed by atoms with Gasteiger partial charge in [0.2, 0.25) is 0 Å². The SMILES string of the molecule is COc1ccc(C(=O)CN2C(=O)NC(C)(c3ccc(C(C)C)cc3)C2=O)cc1. The summed E-state index contributed by atoms with van der Waals surface area (Å²) in [7, 11) is 1.54. The number of methoxy groups -OCH3 is 1. The normalized spacial score (nSPS) is 19.1. The van der Waals surface area contributed by atoms with Crippen molar-refractivity contribution in [2.75, 3.05) is 13.7 Å². The van der Waals surface area contributed by atoms with E-state index in [2.05, 4.69) is 19.2 Å². The fraction of sp³-hybridized carbons (Fsp3) is 0.318. The molecule has 0 spiro atoms. The van der Waals surface area contributed by atoms with Crippen LogP contribution < -0.4 is 10.1 Å². The third-order valence-electron chi connectivity index (χ3n) is 5.14. The average Bonchev–Trinajstić information content (AvgIpc) is 2.92. The van der Waals surface area contributed by atoms with Crippen LogP contribution in [0.4, 0.5) is 4.79 Å². The number of amides is 3. The number of carbonyl (C=O) groups excluding carboxylic acids is 3. The van der Waals surface area contributed by atoms with Crippen LogP contribution in [0.15, 0.2) is 48.5 Å². The van der Waals surface area contributed by atoms with Gasteiger partial charge in [-0.1, -0.05) is 38.1 Å². The summed E-state index contributed by atoms with van der Waals surface area (Å²) >= 11 is 0. The number of hydrogen-bond acceptors (Lipinski definition) is 4. The van der Waals surface area contributed by atoms with Crippen molar-refractivity contribution in [1.29, 1.82) is 0 Å². The van der Waals surface area contributed by atoms with Crippen molar-refractivity contribution in [3.05, 3.63) is 65.2 Å². The third-order valence-corrected chi connectivity index (χ3v) is 5.14. The van der Waals surface area contributed by atoms with Gasteiger partial charge in [0.25, 0.3) is 5.91 Å². The fourth-order valence-corrected chi connectivity index (χ4v) is 3.25. The fourth-order valence-electron chi connectivity index (χ4n) is 3.25. The van der Waals surface area contributed by atoms with Crippen LogP contribution in [0.1, 0.15) is 48.2 Å². The lowest BCUT2D eigenvalue weighted by molar-refractivity contribution is -0.130. The quantitative estimate of drug-likeness (QED) is 0.615. The summed E-state index contributed by atoms with van der Waals surface area (Å²) in [5.41, 5.74) is 1.06. The molecule has 3 rings (SSSR count). The molecule has 1 fully saturated rings. The summed E-state index contributed by atoms with van der Waals surface area (Å²) in [5, 5.41) is 2.74. The smallest absolute Gasteiger partial charge is 0.325 e. The molecule has 0 aliphatic carbocycles. The number of rotatable bonds is 6. The van der Waals surface area contributed by atoms with E-state index >= 15 is 0 Å². The number of hydrogen-bond donors (Lipinski definition) is 1. The molecule has 0 radical (unpaired) electrons. The number of nitrogens with zero attached hydrogens (tertiary/aromatic N) is 1. The summed E-state index contributed by atoms with van der Waals surface area (Å²) < 4.78 is 5.08. The molecule has 1 N–H and O–H groups in total. The first kappa shape index (κ1) is 19.6. The molecule has 0 bridgehead atoms. The van der Waals surface area contributed by atoms with E-state index < -0.39 is 17.5 Å². The summed E-state index contributed by atoms with van der Waals surface area (Å²) in [6.45, 7) is 5.53. The molecule has 28 heavy (non-hydrogen) atoms. The van der Waals surface area contributed by atoms with E-state index in [1.807, 2.05) is 24.3 Å². The Morgan fingerprint density at radius 1 is 1.07 bits per heavy atom. The molecule has 3 amide bonds. The van der Waals surface area contributed by atoms with E-state index in [9.17, 15) is 14.4 Å². The van der Waals surface area contributed by atoms with Crippen molar-refractivity contribution in [3.8, 4) is 5.75 Å². The Morgan fingerprint density at radius 3 is 2.21 bits per heavy atom. The van der Waals surface area contributed by atoms with Crippen molar-refractivity contribution in [2.45, 2.75) is 32.2 Å². The van der Waals surface area contributed by atoms with Crippen molar-refractivity contribution in [3.63, 3.8) is 0 Å². The Morgan fingerprint density at radius 2 is 1.68 bits per heavy atom. The lowest BCUT2D eigenvalue weighted by Gasteiger charge is -2.22. The van der Waals surface area contributed by atoms with Crippen LogP contribution in [-0.4, -0.2) is 36.3 Å². The molecule has 6 nitrogen and oxygen atoms in total. The zero-order valence-corrected chi connectivity index (χ0v) is 16.5. The van der Waals surface area contributed by atoms with Crippen molar-refractivity contribution < 1.29 is 19.1 Å². The Kier molecular flexibility index (Phi) is 5.23. The molecule has 1 heterocycles. The monoisotopic (exact) mass is 380 g/mol. The standard InChI is InChI=1S/C22H24N2O4/c1-14(2)15-5-9-17(10-6-15)22(3)20(26)24(21(27)23-22)13-19(25)16-7-11-18(28-4)12-8-16/h5-12,14H,13H2,1-4H3,(H,23,27). The highest BCUT2D eigenvalue weighted by Gasteiger charge is 2.49. The number of nitrogens with one attached hydrogen (secondary N) is 1. The second kappa shape index (κ2) is 7.46. The minimum absolute atomic E-state index is 0.309. The highest BCUT2D eigenvalue weighted by molar-refractivity contribution is 6.11. The Hall–Kier alpha value is -3.15. The van der Waals surface area contributed by atoms with Crippen molar-refractivity contribution in [2.24, 2.45) is 0 Å². The van der Waals surface area contributed by atoms with Crippen LogP contribution in [0.2, 0.25) is 0 Å². The molecular formula is C22H24N2O4. The number of Topliss-reactive ketones (excluding diaryl/α,β-unsaturated/α-hetero) is 1. The number of urea groups is 1. The topological polar surface area (TPSA) is 75.7 Å². The summed E-state index contributed by atoms with van der Waals surface area (Å²) in [6.07, 6.45) is 0. The van der Waals surface area contributed by atoms with Gasteiger partial charge < -0.3 is 10.1 Å². The number of imide groups is 1. The molecule has 1 unspecified atom stereocenters. The molecule has 2 aromatic carbocycles. The molecule has 6 heteroatoms. The Labute approximate surface area is 164 Å². The molecule has 1 aliphatic heterocycles. The van der Waals surface area contributed by atoms with Gasteiger partial charge in [-0.05, 0) is 48.2 Å². The third kappa shape index (κ3) is 3.50. The molecule has 2 aromatic rings. The van der Waals surface area contributed by atoms with E-state index in [0.29, 0.717) is 22.8 Å². The van der Waals surface area contributed by atoms with E-state index in [4.69, 9.17) is 4.74 Å². The maximum absolute atomic E-state index is 13.0. The van der Waals surface area contributed by atoms with Gasteiger partial charge in [0.05, 0.1) is 13.7 Å². The molecule has 1 saturated heterocycles. The second-order valence-corrected chi connectivity index (χ2v) is 7.37. The van der Waals surface area contributed by atoms with Gasteiger partial charge in [0.15, 0.2) is 5.78 Å². The van der Waals surface area contributed by atoms with Gasteiger partial charge in [-0.2, -0.15) is 0 Å². The van der Waals surface area contributed by atoms with Gasteiger partial charge in [-0.25, -0.2) is 4.79 Å². The Balaban J connectivity index is 1.79. The molecule has 0 saturated carbocycles. The van der Waals surface area contributed by atoms with Gasteiger partial charge >= 0.3 is 6.03 Å². The van der Waals surface area contributed by atoms with Crippen molar-refractivity contribution in [1.82, 2.24) is 10.2 Å². The first-order valence-electron chi connectivity index (χ1n) is 9.18. The first-order valence-corrected chi connectivity index (χ1v) is 9.18. The lowest BCUT2D eigenvalue weighted by Crippen LogP contribution is -2.41. The predicted molar refractivity (Wildman–Crippen MR) is 105 cm³/mol. The Bertz CT molecular complexity index is 903. The van der Waals surface area contributed by atoms with Gasteiger partial charge in [-0.3, -0.25) is 14.5 Å². The second-order valence-electron chi connectivity index (χ2n) is 7.37. The number of ether oxygens (including phenoxy) is 1. The molecule has 1 atom stereocenters. The number of benzene rings is 2. The van der Waals surface area contributed by atoms with E-state index in [1.165, 1.54) is 0 Å². The van der Waals surface area contributed by atoms with Crippen molar-refractivity contribution >= 4 is 17.7 Å². The number of ketones is 1. The maximum atomic E-state index is 13.0. The summed E-state index contributed by atoms with van der Waals surface area (Å²) in [5.74, 6) is 0.250. The highest BCUT2D eigenvalue weighted by atomic mass is 16.5. The lowest BCUT2D eigenvalue weighted by atomic mass is 9.90. The van der Waals surface area contributed by atoms with Crippen LogP contribution in [0.3, 0.4) is 0 Å². The van der Waals surface area contributed by atoms with Crippen LogP contribution in [0.25, 0.3) is 0 Å². The highest BCUT2D eigenvalue weighted by Crippen LogP contribution is 2.30. The summed E-state index contributed by atoms with van der Waals surface area (Å²) in [4.78, 5) is 39.0. The van der Waals surface area contributed by atoms with E-state index in [1.54, 1.807) is 38.3 Å². The van der Waals surface area contributed by atoms with E-state index in [-0.39, 0.29) is 12.3 Å². The largest absolute Gasteiger partial charge is 0.497 e. The van der Waals surface area contributed by atoms with Gasteiger partial charge in [0, 0.05) is 5.56 Å². The first-order chi connectivity index (χ1) is 13.3. The summed E-state index contributed by atoms with van der Waals surface area (Å²) in [6, 6.07) is 13.6. The van der Waals surface area contributed by atoms with Gasteiger partial charge in [0.1, 0.15) is 11.3 Å². The predicted octanol–water partition coefficient (Wildman–Crippen LogP) is 3.47. The minimum atomic E-state index is -1.19. The molecular weight excluding hydrogens is 356 g/mol. The van der Waals surface area contributed by atoms with Crippen LogP contribution in [0.5, 0.6) is 5.75 Å². The zero-order chi connectivity index (χ0) is 20.5. The van der Waals surface area contributed by atoms with E-state index in [0.717, 1.165) is 10.5 Å². The molecule has 1 aliphatic rings. The van der Waals surface area contributed by atoms with Crippen LogP contribution >= 0.6 is 0 Å².